The molecule has 1 unspecified atom stereocenters. The first-order valence-corrected chi connectivity index (χ1v) is 5.04. The molecule has 2 heteroatoms. The molecule has 2 N–H and O–H groups in total. The quantitative estimate of drug-likeness (QED) is 0.801. The van der Waals surface area contributed by atoms with Crippen molar-refractivity contribution >= 4 is 0 Å². The summed E-state index contributed by atoms with van der Waals surface area (Å²) >= 11 is 0. The van der Waals surface area contributed by atoms with E-state index in [-0.39, 0.29) is 12.1 Å². The van der Waals surface area contributed by atoms with Gasteiger partial charge in [0.1, 0.15) is 5.75 Å². The molecule has 1 aromatic rings. The minimum absolute atomic E-state index is 0.0173. The molecule has 0 spiro atoms. The molecule has 2 nitrogen and oxygen atoms in total. The molecular formula is C12H19NO. The van der Waals surface area contributed by atoms with E-state index in [2.05, 4.69) is 0 Å². The van der Waals surface area contributed by atoms with Gasteiger partial charge in [0.05, 0.1) is 6.10 Å². The van der Waals surface area contributed by atoms with E-state index in [0.717, 1.165) is 16.9 Å². The SMILES string of the molecule is Cc1cccc(C(C)N)c1OC(C)C. The molecule has 0 fully saturated rings. The first-order chi connectivity index (χ1) is 6.52. The van der Waals surface area contributed by atoms with E-state index in [0.29, 0.717) is 0 Å². The van der Waals surface area contributed by atoms with Crippen molar-refractivity contribution in [1.29, 1.82) is 0 Å². The molecule has 0 radical (unpaired) electrons. The van der Waals surface area contributed by atoms with Crippen LogP contribution in [0.4, 0.5) is 0 Å². The van der Waals surface area contributed by atoms with E-state index in [1.807, 2.05) is 45.9 Å². The van der Waals surface area contributed by atoms with Gasteiger partial charge in [-0.25, -0.2) is 0 Å². The van der Waals surface area contributed by atoms with Crippen molar-refractivity contribution in [2.75, 3.05) is 0 Å². The topological polar surface area (TPSA) is 35.2 Å². The van der Waals surface area contributed by atoms with Crippen LogP contribution in [-0.2, 0) is 0 Å². The van der Waals surface area contributed by atoms with Gasteiger partial charge in [0, 0.05) is 11.6 Å². The van der Waals surface area contributed by atoms with Crippen LogP contribution in [0.25, 0.3) is 0 Å². The normalized spacial score (nSPS) is 13.0. The van der Waals surface area contributed by atoms with Crippen LogP contribution in [0.1, 0.15) is 37.9 Å². The zero-order valence-corrected chi connectivity index (χ0v) is 9.37. The number of ether oxygens (including phenoxy) is 1. The van der Waals surface area contributed by atoms with Gasteiger partial charge >= 0.3 is 0 Å². The summed E-state index contributed by atoms with van der Waals surface area (Å²) < 4.78 is 5.76. The van der Waals surface area contributed by atoms with E-state index in [1.54, 1.807) is 0 Å². The summed E-state index contributed by atoms with van der Waals surface area (Å²) in [6, 6.07) is 6.10. The van der Waals surface area contributed by atoms with Crippen LogP contribution in [0, 0.1) is 6.92 Å². The van der Waals surface area contributed by atoms with E-state index in [9.17, 15) is 0 Å². The molecular weight excluding hydrogens is 174 g/mol. The van der Waals surface area contributed by atoms with E-state index in [4.69, 9.17) is 10.5 Å². The molecule has 0 bridgehead atoms. The van der Waals surface area contributed by atoms with Gasteiger partial charge in [0.15, 0.2) is 0 Å². The highest BCUT2D eigenvalue weighted by atomic mass is 16.5. The molecule has 0 aliphatic carbocycles. The summed E-state index contributed by atoms with van der Waals surface area (Å²) in [6.07, 6.45) is 0.189. The standard InChI is InChI=1S/C12H19NO/c1-8(2)14-12-9(3)6-5-7-11(12)10(4)13/h5-8,10H,13H2,1-4H3. The van der Waals surface area contributed by atoms with Crippen molar-refractivity contribution in [1.82, 2.24) is 0 Å². The monoisotopic (exact) mass is 193 g/mol. The third kappa shape index (κ3) is 2.48. The lowest BCUT2D eigenvalue weighted by Gasteiger charge is -2.18. The third-order valence-electron chi connectivity index (χ3n) is 2.09. The molecule has 0 aromatic heterocycles. The maximum Gasteiger partial charge on any atom is 0.127 e. The van der Waals surface area contributed by atoms with Crippen LogP contribution in [0.15, 0.2) is 18.2 Å². The van der Waals surface area contributed by atoms with Crippen LogP contribution in [0.5, 0.6) is 5.75 Å². The highest BCUT2D eigenvalue weighted by Gasteiger charge is 2.11. The van der Waals surface area contributed by atoms with Crippen LogP contribution >= 0.6 is 0 Å². The minimum Gasteiger partial charge on any atom is -0.490 e. The van der Waals surface area contributed by atoms with Crippen LogP contribution < -0.4 is 10.5 Å². The van der Waals surface area contributed by atoms with Crippen LogP contribution in [0.2, 0.25) is 0 Å². The Balaban J connectivity index is 3.09. The van der Waals surface area contributed by atoms with Gasteiger partial charge in [-0.15, -0.1) is 0 Å². The minimum atomic E-state index is 0.0173. The molecule has 1 aromatic carbocycles. The van der Waals surface area contributed by atoms with E-state index < -0.39 is 0 Å². The van der Waals surface area contributed by atoms with Crippen LogP contribution in [-0.4, -0.2) is 6.10 Å². The highest BCUT2D eigenvalue weighted by Crippen LogP contribution is 2.28. The molecule has 0 heterocycles. The molecule has 0 saturated heterocycles. The predicted octanol–water partition coefficient (Wildman–Crippen LogP) is 2.80. The molecule has 1 rings (SSSR count). The van der Waals surface area contributed by atoms with Gasteiger partial charge in [-0.2, -0.15) is 0 Å². The van der Waals surface area contributed by atoms with Crippen molar-refractivity contribution in [2.24, 2.45) is 5.73 Å². The molecule has 0 aliphatic heterocycles. The Morgan fingerprint density at radius 3 is 2.36 bits per heavy atom. The summed E-state index contributed by atoms with van der Waals surface area (Å²) in [5.41, 5.74) is 8.11. The average Bonchev–Trinajstić information content (AvgIpc) is 2.07. The summed E-state index contributed by atoms with van der Waals surface area (Å²) in [6.45, 7) is 8.07. The first kappa shape index (κ1) is 11.1. The second-order valence-electron chi connectivity index (χ2n) is 3.95. The number of rotatable bonds is 3. The number of hydrogen-bond donors (Lipinski definition) is 1. The Morgan fingerprint density at radius 2 is 1.86 bits per heavy atom. The predicted molar refractivity (Wildman–Crippen MR) is 59.5 cm³/mol. The average molecular weight is 193 g/mol. The largest absolute Gasteiger partial charge is 0.490 e. The molecule has 14 heavy (non-hydrogen) atoms. The molecule has 0 saturated carbocycles. The maximum absolute atomic E-state index is 5.88. The second kappa shape index (κ2) is 4.47. The first-order valence-electron chi connectivity index (χ1n) is 5.04. The summed E-state index contributed by atoms with van der Waals surface area (Å²) in [5.74, 6) is 0.942. The van der Waals surface area contributed by atoms with Gasteiger partial charge in [-0.1, -0.05) is 18.2 Å². The van der Waals surface area contributed by atoms with Crippen molar-refractivity contribution in [3.63, 3.8) is 0 Å². The fourth-order valence-corrected chi connectivity index (χ4v) is 1.43. The van der Waals surface area contributed by atoms with Crippen molar-refractivity contribution < 1.29 is 4.74 Å². The Morgan fingerprint density at radius 1 is 1.21 bits per heavy atom. The Bertz CT molecular complexity index is 305. The zero-order valence-electron chi connectivity index (χ0n) is 9.37. The van der Waals surface area contributed by atoms with E-state index in [1.165, 1.54) is 0 Å². The lowest BCUT2D eigenvalue weighted by molar-refractivity contribution is 0.237. The molecule has 78 valence electrons. The third-order valence-corrected chi connectivity index (χ3v) is 2.09. The number of nitrogens with two attached hydrogens (primary N) is 1. The number of benzene rings is 1. The Kier molecular flexibility index (Phi) is 3.53. The second-order valence-corrected chi connectivity index (χ2v) is 3.95. The molecule has 0 aliphatic rings. The Labute approximate surface area is 86.1 Å². The molecule has 0 amide bonds. The van der Waals surface area contributed by atoms with E-state index >= 15 is 0 Å². The summed E-state index contributed by atoms with van der Waals surface area (Å²) in [4.78, 5) is 0. The lowest BCUT2D eigenvalue weighted by atomic mass is 10.0. The number of aryl methyl sites for hydroxylation is 1. The van der Waals surface area contributed by atoms with Crippen LogP contribution in [0.3, 0.4) is 0 Å². The van der Waals surface area contributed by atoms with Crippen molar-refractivity contribution in [3.8, 4) is 5.75 Å². The molecule has 1 atom stereocenters. The van der Waals surface area contributed by atoms with Gasteiger partial charge in [0.2, 0.25) is 0 Å². The van der Waals surface area contributed by atoms with Crippen molar-refractivity contribution in [2.45, 2.75) is 39.8 Å². The fraction of sp³-hybridized carbons (Fsp3) is 0.500. The summed E-state index contributed by atoms with van der Waals surface area (Å²) in [5, 5.41) is 0. The van der Waals surface area contributed by atoms with Gasteiger partial charge in [-0.3, -0.25) is 0 Å². The Hall–Kier alpha value is -1.02. The smallest absolute Gasteiger partial charge is 0.127 e. The highest BCUT2D eigenvalue weighted by molar-refractivity contribution is 5.42. The van der Waals surface area contributed by atoms with Gasteiger partial charge < -0.3 is 10.5 Å². The number of para-hydroxylation sites is 1. The maximum atomic E-state index is 5.88. The summed E-state index contributed by atoms with van der Waals surface area (Å²) in [7, 11) is 0. The zero-order chi connectivity index (χ0) is 10.7. The number of hydrogen-bond acceptors (Lipinski definition) is 2. The van der Waals surface area contributed by atoms with Gasteiger partial charge in [-0.05, 0) is 33.3 Å². The fourth-order valence-electron chi connectivity index (χ4n) is 1.43. The lowest BCUT2D eigenvalue weighted by Crippen LogP contribution is -2.13. The van der Waals surface area contributed by atoms with Gasteiger partial charge in [0.25, 0.3) is 0 Å². The van der Waals surface area contributed by atoms with Crippen molar-refractivity contribution in [3.05, 3.63) is 29.3 Å².